The number of sulfonamides is 1. The van der Waals surface area contributed by atoms with Gasteiger partial charge in [-0.05, 0) is 31.2 Å². The molecular formula is C15H20ClN3O4S. The molecule has 0 saturated carbocycles. The van der Waals surface area contributed by atoms with E-state index in [1.165, 1.54) is 35.5 Å². The number of carbonyl (C=O) groups is 2. The van der Waals surface area contributed by atoms with E-state index in [0.29, 0.717) is 5.02 Å². The predicted molar refractivity (Wildman–Crippen MR) is 90.1 cm³/mol. The average Bonchev–Trinajstić information content (AvgIpc) is 2.54. The SMILES string of the molecule is CC(=O)N[C@@H](C)C(=O)N1CCN(S(=O)(=O)c2ccc(Cl)cc2)CC1. The maximum Gasteiger partial charge on any atom is 0.244 e. The number of carbonyl (C=O) groups excluding carboxylic acids is 2. The molecular weight excluding hydrogens is 354 g/mol. The van der Waals surface area contributed by atoms with Gasteiger partial charge in [-0.3, -0.25) is 9.59 Å². The van der Waals surface area contributed by atoms with Crippen molar-refractivity contribution in [3.8, 4) is 0 Å². The molecule has 2 amide bonds. The minimum absolute atomic E-state index is 0.179. The van der Waals surface area contributed by atoms with Crippen molar-refractivity contribution in [2.75, 3.05) is 26.2 Å². The third-order valence-electron chi connectivity index (χ3n) is 3.79. The highest BCUT2D eigenvalue weighted by Crippen LogP contribution is 2.20. The van der Waals surface area contributed by atoms with Gasteiger partial charge in [0.1, 0.15) is 6.04 Å². The van der Waals surface area contributed by atoms with Crippen LogP contribution in [-0.2, 0) is 19.6 Å². The first kappa shape index (κ1) is 18.7. The normalized spacial score (nSPS) is 17.4. The fourth-order valence-corrected chi connectivity index (χ4v) is 4.09. The van der Waals surface area contributed by atoms with Gasteiger partial charge in [0.2, 0.25) is 21.8 Å². The molecule has 0 bridgehead atoms. The molecule has 1 fully saturated rings. The van der Waals surface area contributed by atoms with E-state index >= 15 is 0 Å². The Balaban J connectivity index is 2.00. The largest absolute Gasteiger partial charge is 0.345 e. The van der Waals surface area contributed by atoms with E-state index < -0.39 is 16.1 Å². The predicted octanol–water partition coefficient (Wildman–Crippen LogP) is 0.697. The van der Waals surface area contributed by atoms with E-state index in [0.717, 1.165) is 0 Å². The van der Waals surface area contributed by atoms with E-state index in [2.05, 4.69) is 5.32 Å². The summed E-state index contributed by atoms with van der Waals surface area (Å²) >= 11 is 5.78. The van der Waals surface area contributed by atoms with Gasteiger partial charge in [-0.15, -0.1) is 0 Å². The van der Waals surface area contributed by atoms with Crippen LogP contribution in [0, 0.1) is 0 Å². The highest BCUT2D eigenvalue weighted by Gasteiger charge is 2.31. The van der Waals surface area contributed by atoms with Crippen molar-refractivity contribution in [3.05, 3.63) is 29.3 Å². The highest BCUT2D eigenvalue weighted by molar-refractivity contribution is 7.89. The van der Waals surface area contributed by atoms with Crippen LogP contribution in [0.5, 0.6) is 0 Å². The molecule has 1 heterocycles. The first-order chi connectivity index (χ1) is 11.2. The molecule has 1 saturated heterocycles. The van der Waals surface area contributed by atoms with Crippen molar-refractivity contribution in [2.24, 2.45) is 0 Å². The maximum absolute atomic E-state index is 12.6. The van der Waals surface area contributed by atoms with Crippen molar-refractivity contribution < 1.29 is 18.0 Å². The van der Waals surface area contributed by atoms with E-state index in [1.807, 2.05) is 0 Å². The van der Waals surface area contributed by atoms with E-state index in [1.54, 1.807) is 11.8 Å². The van der Waals surface area contributed by atoms with Gasteiger partial charge in [-0.1, -0.05) is 11.6 Å². The summed E-state index contributed by atoms with van der Waals surface area (Å²) in [4.78, 5) is 25.0. The Morgan fingerprint density at radius 3 is 2.17 bits per heavy atom. The summed E-state index contributed by atoms with van der Waals surface area (Å²) in [5.41, 5.74) is 0. The highest BCUT2D eigenvalue weighted by atomic mass is 35.5. The smallest absolute Gasteiger partial charge is 0.244 e. The summed E-state index contributed by atoms with van der Waals surface area (Å²) in [5.74, 6) is -0.492. The molecule has 1 aliphatic rings. The van der Waals surface area contributed by atoms with Gasteiger partial charge in [0.05, 0.1) is 4.90 Å². The van der Waals surface area contributed by atoms with Gasteiger partial charge in [0.25, 0.3) is 0 Å². The Morgan fingerprint density at radius 2 is 1.67 bits per heavy atom. The molecule has 0 aromatic heterocycles. The lowest BCUT2D eigenvalue weighted by atomic mass is 10.2. The van der Waals surface area contributed by atoms with Gasteiger partial charge in [0.15, 0.2) is 0 Å². The molecule has 0 unspecified atom stereocenters. The van der Waals surface area contributed by atoms with Gasteiger partial charge < -0.3 is 10.2 Å². The second-order valence-electron chi connectivity index (χ2n) is 5.61. The molecule has 9 heteroatoms. The summed E-state index contributed by atoms with van der Waals surface area (Å²) < 4.78 is 26.5. The Bertz CT molecular complexity index is 713. The number of rotatable bonds is 4. The van der Waals surface area contributed by atoms with Crippen molar-refractivity contribution >= 4 is 33.4 Å². The topological polar surface area (TPSA) is 86.8 Å². The summed E-state index contributed by atoms with van der Waals surface area (Å²) in [6.45, 7) is 3.96. The van der Waals surface area contributed by atoms with E-state index in [4.69, 9.17) is 11.6 Å². The number of nitrogens with one attached hydrogen (secondary N) is 1. The van der Waals surface area contributed by atoms with Crippen LogP contribution in [0.25, 0.3) is 0 Å². The lowest BCUT2D eigenvalue weighted by Gasteiger charge is -2.35. The molecule has 0 radical (unpaired) electrons. The van der Waals surface area contributed by atoms with Crippen molar-refractivity contribution in [3.63, 3.8) is 0 Å². The summed E-state index contributed by atoms with van der Waals surface area (Å²) in [6, 6.07) is 5.37. The lowest BCUT2D eigenvalue weighted by molar-refractivity contribution is -0.136. The van der Waals surface area contributed by atoms with Crippen LogP contribution >= 0.6 is 11.6 Å². The van der Waals surface area contributed by atoms with Gasteiger partial charge in [-0.2, -0.15) is 4.31 Å². The van der Waals surface area contributed by atoms with Crippen molar-refractivity contribution in [1.29, 1.82) is 0 Å². The molecule has 1 aromatic carbocycles. The zero-order chi connectivity index (χ0) is 17.9. The molecule has 1 N–H and O–H groups in total. The molecule has 7 nitrogen and oxygen atoms in total. The minimum Gasteiger partial charge on any atom is -0.345 e. The first-order valence-electron chi connectivity index (χ1n) is 7.53. The molecule has 0 spiro atoms. The van der Waals surface area contributed by atoms with Gasteiger partial charge in [0, 0.05) is 38.1 Å². The number of halogens is 1. The van der Waals surface area contributed by atoms with Crippen LogP contribution in [0.1, 0.15) is 13.8 Å². The summed E-state index contributed by atoms with van der Waals surface area (Å²) in [5, 5.41) is 3.01. The van der Waals surface area contributed by atoms with E-state index in [-0.39, 0.29) is 42.9 Å². The number of piperazine rings is 1. The van der Waals surface area contributed by atoms with Crippen LogP contribution in [0.2, 0.25) is 5.02 Å². The molecule has 132 valence electrons. The molecule has 1 aromatic rings. The van der Waals surface area contributed by atoms with Crippen LogP contribution < -0.4 is 5.32 Å². The minimum atomic E-state index is -3.60. The number of hydrogen-bond donors (Lipinski definition) is 1. The fourth-order valence-electron chi connectivity index (χ4n) is 2.54. The molecule has 2 rings (SSSR count). The van der Waals surface area contributed by atoms with Crippen LogP contribution in [-0.4, -0.2) is 61.7 Å². The second-order valence-corrected chi connectivity index (χ2v) is 7.98. The molecule has 1 aliphatic heterocycles. The molecule has 0 aliphatic carbocycles. The third-order valence-corrected chi connectivity index (χ3v) is 5.96. The van der Waals surface area contributed by atoms with Crippen LogP contribution in [0.3, 0.4) is 0 Å². The quantitative estimate of drug-likeness (QED) is 0.841. The van der Waals surface area contributed by atoms with Crippen LogP contribution in [0.4, 0.5) is 0 Å². The lowest BCUT2D eigenvalue weighted by Crippen LogP contribution is -2.54. The van der Waals surface area contributed by atoms with Gasteiger partial charge >= 0.3 is 0 Å². The van der Waals surface area contributed by atoms with Crippen molar-refractivity contribution in [1.82, 2.24) is 14.5 Å². The Morgan fingerprint density at radius 1 is 1.12 bits per heavy atom. The monoisotopic (exact) mass is 373 g/mol. The standard InChI is InChI=1S/C15H20ClN3O4S/c1-11(17-12(2)20)15(21)18-7-9-19(10-8-18)24(22,23)14-5-3-13(16)4-6-14/h3-6,11H,7-10H2,1-2H3,(H,17,20)/t11-/m0/s1. The van der Waals surface area contributed by atoms with Gasteiger partial charge in [-0.25, -0.2) is 8.42 Å². The zero-order valence-electron chi connectivity index (χ0n) is 13.5. The van der Waals surface area contributed by atoms with Crippen LogP contribution in [0.15, 0.2) is 29.2 Å². The van der Waals surface area contributed by atoms with Crippen molar-refractivity contribution in [2.45, 2.75) is 24.8 Å². The average molecular weight is 374 g/mol. The number of nitrogens with zero attached hydrogens (tertiary/aromatic N) is 2. The molecule has 24 heavy (non-hydrogen) atoms. The number of amides is 2. The third kappa shape index (κ3) is 4.25. The zero-order valence-corrected chi connectivity index (χ0v) is 15.1. The number of benzene rings is 1. The number of hydrogen-bond acceptors (Lipinski definition) is 4. The fraction of sp³-hybridized carbons (Fsp3) is 0.467. The summed E-state index contributed by atoms with van der Waals surface area (Å²) in [6.07, 6.45) is 0. The maximum atomic E-state index is 12.6. The first-order valence-corrected chi connectivity index (χ1v) is 9.35. The Labute approximate surface area is 146 Å². The Kier molecular flexibility index (Phi) is 5.84. The van der Waals surface area contributed by atoms with E-state index in [9.17, 15) is 18.0 Å². The second kappa shape index (κ2) is 7.50. The summed E-state index contributed by atoms with van der Waals surface area (Å²) in [7, 11) is -3.60. The molecule has 1 atom stereocenters. The Hall–Kier alpha value is -1.64.